The summed E-state index contributed by atoms with van der Waals surface area (Å²) in [4.78, 5) is 33.9. The molecular weight excluding hydrogens is 404 g/mol. The standard InChI is InChI=1S/C25H18N4O3/c30-24(27-17-11-13-21-22(14-17)29-25(31)28-21)16-10-12-20(26-15-16)19-8-4-5-9-23(19)32-18-6-2-1-3-7-18/h1-15H,(H,27,30)(H2,28,29,31). The van der Waals surface area contributed by atoms with E-state index in [-0.39, 0.29) is 11.6 Å². The van der Waals surface area contributed by atoms with E-state index in [0.717, 1.165) is 11.3 Å². The average Bonchev–Trinajstić information content (AvgIpc) is 3.19. The maximum Gasteiger partial charge on any atom is 0.323 e. The van der Waals surface area contributed by atoms with Crippen LogP contribution >= 0.6 is 0 Å². The first-order valence-electron chi connectivity index (χ1n) is 9.97. The number of carbonyl (C=O) groups excluding carboxylic acids is 1. The number of amides is 1. The van der Waals surface area contributed by atoms with Crippen molar-refractivity contribution in [3.05, 3.63) is 107 Å². The van der Waals surface area contributed by atoms with Crippen LogP contribution < -0.4 is 15.7 Å². The first-order valence-corrected chi connectivity index (χ1v) is 9.97. The minimum absolute atomic E-state index is 0.292. The van der Waals surface area contributed by atoms with Crippen molar-refractivity contribution in [2.75, 3.05) is 5.32 Å². The molecule has 0 aliphatic heterocycles. The van der Waals surface area contributed by atoms with E-state index in [4.69, 9.17) is 4.74 Å². The van der Waals surface area contributed by atoms with Gasteiger partial charge < -0.3 is 20.0 Å². The smallest absolute Gasteiger partial charge is 0.323 e. The predicted octanol–water partition coefficient (Wildman–Crippen LogP) is 4.96. The van der Waals surface area contributed by atoms with Gasteiger partial charge in [0.05, 0.1) is 22.3 Å². The Kier molecular flexibility index (Phi) is 4.97. The lowest BCUT2D eigenvalue weighted by Gasteiger charge is -2.11. The number of nitrogens with one attached hydrogen (secondary N) is 3. The van der Waals surface area contributed by atoms with Crippen molar-refractivity contribution in [3.8, 4) is 22.8 Å². The minimum atomic E-state index is -0.296. The van der Waals surface area contributed by atoms with Gasteiger partial charge in [0.15, 0.2) is 0 Å². The predicted molar refractivity (Wildman–Crippen MR) is 123 cm³/mol. The highest BCUT2D eigenvalue weighted by molar-refractivity contribution is 6.04. The van der Waals surface area contributed by atoms with Crippen molar-refractivity contribution in [3.63, 3.8) is 0 Å². The molecule has 0 saturated heterocycles. The van der Waals surface area contributed by atoms with E-state index in [0.29, 0.717) is 33.7 Å². The van der Waals surface area contributed by atoms with Crippen molar-refractivity contribution in [2.45, 2.75) is 0 Å². The Hall–Kier alpha value is -4.65. The Labute approximate surface area is 182 Å². The quantitative estimate of drug-likeness (QED) is 0.373. The lowest BCUT2D eigenvalue weighted by molar-refractivity contribution is 0.102. The molecule has 0 fully saturated rings. The average molecular weight is 422 g/mol. The molecule has 0 saturated carbocycles. The van der Waals surface area contributed by atoms with Crippen LogP contribution in [0, 0.1) is 0 Å². The van der Waals surface area contributed by atoms with Crippen LogP contribution in [-0.4, -0.2) is 20.9 Å². The molecule has 0 bridgehead atoms. The van der Waals surface area contributed by atoms with Gasteiger partial charge in [-0.1, -0.05) is 30.3 Å². The Morgan fingerprint density at radius 2 is 1.62 bits per heavy atom. The van der Waals surface area contributed by atoms with E-state index in [1.165, 1.54) is 6.20 Å². The first kappa shape index (κ1) is 19.3. The Morgan fingerprint density at radius 3 is 2.44 bits per heavy atom. The molecule has 2 heterocycles. The minimum Gasteiger partial charge on any atom is -0.457 e. The number of benzene rings is 3. The molecule has 0 radical (unpaired) electrons. The van der Waals surface area contributed by atoms with E-state index in [1.807, 2.05) is 54.6 Å². The molecule has 3 aromatic carbocycles. The molecule has 0 atom stereocenters. The molecule has 5 aromatic rings. The highest BCUT2D eigenvalue weighted by Gasteiger charge is 2.11. The fraction of sp³-hybridized carbons (Fsp3) is 0. The third-order valence-corrected chi connectivity index (χ3v) is 4.93. The van der Waals surface area contributed by atoms with Gasteiger partial charge in [-0.3, -0.25) is 9.78 Å². The number of aromatic amines is 2. The van der Waals surface area contributed by atoms with Crippen molar-refractivity contribution in [2.24, 2.45) is 0 Å². The third-order valence-electron chi connectivity index (χ3n) is 4.93. The summed E-state index contributed by atoms with van der Waals surface area (Å²) in [6.45, 7) is 0. The van der Waals surface area contributed by atoms with E-state index < -0.39 is 0 Å². The third kappa shape index (κ3) is 3.99. The number of para-hydroxylation sites is 2. The Morgan fingerprint density at radius 1 is 0.844 bits per heavy atom. The fourth-order valence-electron chi connectivity index (χ4n) is 3.38. The highest BCUT2D eigenvalue weighted by atomic mass is 16.5. The highest BCUT2D eigenvalue weighted by Crippen LogP contribution is 2.32. The van der Waals surface area contributed by atoms with Crippen LogP contribution in [0.4, 0.5) is 5.69 Å². The number of carbonyl (C=O) groups is 1. The molecule has 156 valence electrons. The van der Waals surface area contributed by atoms with Crippen molar-refractivity contribution in [1.29, 1.82) is 0 Å². The zero-order valence-corrected chi connectivity index (χ0v) is 16.8. The number of imidazole rings is 1. The van der Waals surface area contributed by atoms with Crippen molar-refractivity contribution >= 4 is 22.6 Å². The molecule has 1 amide bonds. The van der Waals surface area contributed by atoms with Crippen LogP contribution in [0.15, 0.2) is 95.9 Å². The van der Waals surface area contributed by atoms with Crippen LogP contribution in [0.3, 0.4) is 0 Å². The number of aromatic nitrogens is 3. The molecule has 5 rings (SSSR count). The van der Waals surface area contributed by atoms with E-state index >= 15 is 0 Å². The summed E-state index contributed by atoms with van der Waals surface area (Å²) < 4.78 is 6.01. The van der Waals surface area contributed by atoms with Gasteiger partial charge in [0.25, 0.3) is 5.91 Å². The Balaban J connectivity index is 1.36. The molecule has 0 spiro atoms. The number of ether oxygens (including phenoxy) is 1. The van der Waals surface area contributed by atoms with Crippen LogP contribution in [0.5, 0.6) is 11.5 Å². The fourth-order valence-corrected chi connectivity index (χ4v) is 3.38. The van der Waals surface area contributed by atoms with E-state index in [9.17, 15) is 9.59 Å². The summed E-state index contributed by atoms with van der Waals surface area (Å²) in [7, 11) is 0. The summed E-state index contributed by atoms with van der Waals surface area (Å²) in [5.74, 6) is 1.11. The molecule has 7 nitrogen and oxygen atoms in total. The topological polar surface area (TPSA) is 99.9 Å². The summed E-state index contributed by atoms with van der Waals surface area (Å²) in [6.07, 6.45) is 1.53. The summed E-state index contributed by atoms with van der Waals surface area (Å²) in [6, 6.07) is 25.8. The van der Waals surface area contributed by atoms with Gasteiger partial charge in [0, 0.05) is 17.4 Å². The largest absolute Gasteiger partial charge is 0.457 e. The van der Waals surface area contributed by atoms with Crippen molar-refractivity contribution < 1.29 is 9.53 Å². The SMILES string of the molecule is O=C(Nc1ccc2[nH]c(=O)[nH]c2c1)c1ccc(-c2ccccc2Oc2ccccc2)nc1. The second-order valence-electron chi connectivity index (χ2n) is 7.14. The van der Waals surface area contributed by atoms with Gasteiger partial charge in [-0.2, -0.15) is 0 Å². The van der Waals surface area contributed by atoms with E-state index in [1.54, 1.807) is 30.3 Å². The zero-order chi connectivity index (χ0) is 21.9. The number of nitrogens with zero attached hydrogens (tertiary/aromatic N) is 1. The molecule has 0 unspecified atom stereocenters. The van der Waals surface area contributed by atoms with Gasteiger partial charge in [0.1, 0.15) is 11.5 Å². The number of H-pyrrole nitrogens is 2. The second kappa shape index (κ2) is 8.23. The maximum atomic E-state index is 12.7. The monoisotopic (exact) mass is 422 g/mol. The number of fused-ring (bicyclic) bond motifs is 1. The van der Waals surface area contributed by atoms with Gasteiger partial charge in [0.2, 0.25) is 0 Å². The Bertz CT molecular complexity index is 1450. The number of hydrogen-bond acceptors (Lipinski definition) is 4. The molecule has 2 aromatic heterocycles. The first-order chi connectivity index (χ1) is 15.7. The summed E-state index contributed by atoms with van der Waals surface area (Å²) in [5.41, 5.74) is 3.51. The molecule has 0 aliphatic carbocycles. The molecule has 0 aliphatic rings. The normalized spacial score (nSPS) is 10.8. The number of rotatable bonds is 5. The van der Waals surface area contributed by atoms with Crippen LogP contribution in [0.1, 0.15) is 10.4 Å². The summed E-state index contributed by atoms with van der Waals surface area (Å²) in [5, 5.41) is 2.82. The van der Waals surface area contributed by atoms with Gasteiger partial charge in [-0.25, -0.2) is 4.79 Å². The van der Waals surface area contributed by atoms with Gasteiger partial charge >= 0.3 is 5.69 Å². The maximum absolute atomic E-state index is 12.7. The number of anilines is 1. The van der Waals surface area contributed by atoms with E-state index in [2.05, 4.69) is 20.3 Å². The molecule has 32 heavy (non-hydrogen) atoms. The lowest BCUT2D eigenvalue weighted by atomic mass is 10.1. The van der Waals surface area contributed by atoms with Crippen molar-refractivity contribution in [1.82, 2.24) is 15.0 Å². The molecular formula is C25H18N4O3. The van der Waals surface area contributed by atoms with Gasteiger partial charge in [-0.05, 0) is 54.6 Å². The van der Waals surface area contributed by atoms with Gasteiger partial charge in [-0.15, -0.1) is 0 Å². The van der Waals surface area contributed by atoms with Crippen LogP contribution in [0.25, 0.3) is 22.3 Å². The summed E-state index contributed by atoms with van der Waals surface area (Å²) >= 11 is 0. The molecule has 7 heteroatoms. The molecule has 3 N–H and O–H groups in total. The number of pyridine rings is 1. The zero-order valence-electron chi connectivity index (χ0n) is 16.8. The van der Waals surface area contributed by atoms with Crippen LogP contribution in [-0.2, 0) is 0 Å². The second-order valence-corrected chi connectivity index (χ2v) is 7.14. The number of hydrogen-bond donors (Lipinski definition) is 3. The van der Waals surface area contributed by atoms with Crippen LogP contribution in [0.2, 0.25) is 0 Å². The lowest BCUT2D eigenvalue weighted by Crippen LogP contribution is -2.12.